The van der Waals surface area contributed by atoms with E-state index in [1.165, 1.54) is 0 Å². The van der Waals surface area contributed by atoms with Crippen molar-refractivity contribution in [3.05, 3.63) is 5.21 Å². The minimum absolute atomic E-state index is 0.0278. The molecular formula is C15H29IN3O4+. The minimum Gasteiger partial charge on any atom is -0.600 e. The van der Waals surface area contributed by atoms with Gasteiger partial charge >= 0.3 is 0 Å². The Morgan fingerprint density at radius 2 is 2.17 bits per heavy atom. The molecule has 7 unspecified atom stereocenters. The molecule has 0 aromatic carbocycles. The number of rotatable bonds is 6. The van der Waals surface area contributed by atoms with E-state index in [1.54, 1.807) is 0 Å². The number of piperidine rings is 1. The first-order chi connectivity index (χ1) is 10.9. The maximum Gasteiger partial charge on any atom is 0.190 e. The van der Waals surface area contributed by atoms with Gasteiger partial charge < -0.3 is 14.8 Å². The number of ether oxygens (including phenoxy) is 1. The van der Waals surface area contributed by atoms with Gasteiger partial charge in [-0.25, -0.2) is 10.4 Å². The highest BCUT2D eigenvalue weighted by Gasteiger charge is 2.40. The summed E-state index contributed by atoms with van der Waals surface area (Å²) in [7, 11) is 0. The Morgan fingerprint density at radius 3 is 2.83 bits per heavy atom. The van der Waals surface area contributed by atoms with Crippen molar-refractivity contribution in [2.24, 2.45) is 11.7 Å². The molecule has 1 aliphatic carbocycles. The normalized spacial score (nSPS) is 39.9. The lowest BCUT2D eigenvalue weighted by Gasteiger charge is -2.38. The molecule has 1 saturated heterocycles. The summed E-state index contributed by atoms with van der Waals surface area (Å²) in [4.78, 5) is 13.8. The SMILES string of the molecule is CCOC1CCC(C(=O)C[NH+]2CC(I)CCC2N)CC1[NH+]([O-])O. The van der Waals surface area contributed by atoms with Crippen molar-refractivity contribution in [2.45, 2.75) is 61.3 Å². The van der Waals surface area contributed by atoms with Crippen LogP contribution in [0.5, 0.6) is 0 Å². The van der Waals surface area contributed by atoms with Crippen molar-refractivity contribution in [3.8, 4) is 0 Å². The molecule has 5 N–H and O–H groups in total. The second kappa shape index (κ2) is 9.02. The van der Waals surface area contributed by atoms with Gasteiger partial charge in [0.15, 0.2) is 5.78 Å². The van der Waals surface area contributed by atoms with Gasteiger partial charge in [-0.3, -0.25) is 10.5 Å². The largest absolute Gasteiger partial charge is 0.600 e. The van der Waals surface area contributed by atoms with E-state index in [4.69, 9.17) is 10.5 Å². The number of quaternary nitrogens is 2. The van der Waals surface area contributed by atoms with Crippen molar-refractivity contribution < 1.29 is 24.9 Å². The van der Waals surface area contributed by atoms with Crippen LogP contribution >= 0.6 is 22.6 Å². The van der Waals surface area contributed by atoms with Crippen molar-refractivity contribution in [3.63, 3.8) is 0 Å². The Bertz CT molecular complexity index is 399. The van der Waals surface area contributed by atoms with Crippen LogP contribution in [-0.2, 0) is 9.53 Å². The van der Waals surface area contributed by atoms with Crippen molar-refractivity contribution in [1.82, 2.24) is 0 Å². The fourth-order valence-electron chi connectivity index (χ4n) is 3.78. The van der Waals surface area contributed by atoms with Gasteiger partial charge in [0.2, 0.25) is 0 Å². The van der Waals surface area contributed by atoms with Crippen LogP contribution in [0.15, 0.2) is 0 Å². The predicted octanol–water partition coefficient (Wildman–Crippen LogP) is -1.33. The van der Waals surface area contributed by atoms with Gasteiger partial charge in [0, 0.05) is 25.4 Å². The molecule has 8 heteroatoms. The molecule has 1 aliphatic heterocycles. The van der Waals surface area contributed by atoms with Crippen molar-refractivity contribution >= 4 is 28.4 Å². The maximum absolute atomic E-state index is 12.6. The molecular weight excluding hydrogens is 413 g/mol. The molecule has 0 amide bonds. The molecule has 2 fully saturated rings. The number of nitrogens with one attached hydrogen (secondary N) is 2. The summed E-state index contributed by atoms with van der Waals surface area (Å²) >= 11 is 2.42. The molecule has 1 heterocycles. The number of halogens is 1. The van der Waals surface area contributed by atoms with Crippen LogP contribution in [0.2, 0.25) is 0 Å². The molecule has 0 spiro atoms. The van der Waals surface area contributed by atoms with Gasteiger partial charge in [-0.2, -0.15) is 0 Å². The molecule has 7 nitrogen and oxygen atoms in total. The number of nitrogens with two attached hydrogens (primary N) is 1. The quantitative estimate of drug-likeness (QED) is 0.232. The molecule has 134 valence electrons. The number of likely N-dealkylation sites (tertiary alicyclic amines) is 1. The average molecular weight is 442 g/mol. The lowest BCUT2D eigenvalue weighted by molar-refractivity contribution is -1.07. The first kappa shape index (κ1) is 19.5. The Kier molecular flexibility index (Phi) is 7.64. The highest BCUT2D eigenvalue weighted by atomic mass is 127. The Balaban J connectivity index is 1.92. The molecule has 23 heavy (non-hydrogen) atoms. The molecule has 0 aromatic heterocycles. The van der Waals surface area contributed by atoms with E-state index in [0.717, 1.165) is 30.7 Å². The zero-order valence-corrected chi connectivity index (χ0v) is 15.8. The van der Waals surface area contributed by atoms with Crippen LogP contribution in [-0.4, -0.2) is 52.9 Å². The van der Waals surface area contributed by atoms with Crippen molar-refractivity contribution in [1.29, 1.82) is 0 Å². The van der Waals surface area contributed by atoms with Crippen LogP contribution in [0.3, 0.4) is 0 Å². The molecule has 7 atom stereocenters. The second-order valence-electron chi connectivity index (χ2n) is 6.74. The molecule has 2 rings (SSSR count). The predicted molar refractivity (Wildman–Crippen MR) is 93.4 cm³/mol. The van der Waals surface area contributed by atoms with Crippen LogP contribution in [0, 0.1) is 11.1 Å². The van der Waals surface area contributed by atoms with E-state index in [1.807, 2.05) is 6.92 Å². The van der Waals surface area contributed by atoms with E-state index >= 15 is 0 Å². The van der Waals surface area contributed by atoms with Gasteiger partial charge in [-0.1, -0.05) is 22.6 Å². The first-order valence-corrected chi connectivity index (χ1v) is 9.78. The van der Waals surface area contributed by atoms with Crippen LogP contribution in [0.1, 0.15) is 39.0 Å². The lowest BCUT2D eigenvalue weighted by atomic mass is 9.81. The summed E-state index contributed by atoms with van der Waals surface area (Å²) in [5, 5.41) is 20.0. The molecule has 2 aliphatic rings. The van der Waals surface area contributed by atoms with Gasteiger partial charge in [-0.15, -0.1) is 0 Å². The number of Topliss-reactive ketones (excluding diaryl/α,β-unsaturated/α-hetero) is 1. The molecule has 1 saturated carbocycles. The number of alkyl halides is 1. The summed E-state index contributed by atoms with van der Waals surface area (Å²) in [6, 6.07) is -0.569. The van der Waals surface area contributed by atoms with E-state index in [2.05, 4.69) is 22.6 Å². The van der Waals surface area contributed by atoms with Crippen LogP contribution in [0.25, 0.3) is 0 Å². The second-order valence-corrected chi connectivity index (χ2v) is 8.50. The summed E-state index contributed by atoms with van der Waals surface area (Å²) in [6.07, 6.45) is 3.60. The number of hydroxylamine groups is 2. The van der Waals surface area contributed by atoms with E-state index in [-0.39, 0.29) is 24.0 Å². The fraction of sp³-hybridized carbons (Fsp3) is 0.933. The van der Waals surface area contributed by atoms with E-state index < -0.39 is 11.3 Å². The first-order valence-electron chi connectivity index (χ1n) is 8.53. The monoisotopic (exact) mass is 442 g/mol. The Hall–Kier alpha value is 0.160. The van der Waals surface area contributed by atoms with Crippen LogP contribution < -0.4 is 15.9 Å². The minimum atomic E-state index is -0.852. The lowest BCUT2D eigenvalue weighted by Crippen LogP contribution is -3.20. The third-order valence-corrected chi connectivity index (χ3v) is 6.20. The van der Waals surface area contributed by atoms with E-state index in [9.17, 15) is 15.2 Å². The topological polar surface area (TPSA) is 104 Å². The molecule has 0 aromatic rings. The molecule has 0 bridgehead atoms. The summed E-state index contributed by atoms with van der Waals surface area (Å²) in [6.45, 7) is 3.73. The van der Waals surface area contributed by atoms with E-state index in [0.29, 0.717) is 29.9 Å². The molecule has 0 radical (unpaired) electrons. The van der Waals surface area contributed by atoms with Gasteiger partial charge in [-0.05, 0) is 26.2 Å². The Labute approximate surface area is 151 Å². The van der Waals surface area contributed by atoms with Gasteiger partial charge in [0.05, 0.1) is 10.5 Å². The number of ketones is 1. The zero-order chi connectivity index (χ0) is 17.0. The number of carbonyl (C=O) groups is 1. The van der Waals surface area contributed by atoms with Gasteiger partial charge in [0.25, 0.3) is 0 Å². The highest BCUT2D eigenvalue weighted by molar-refractivity contribution is 14.1. The summed E-state index contributed by atoms with van der Waals surface area (Å²) < 4.78 is 6.11. The number of carbonyl (C=O) groups excluding carboxylic acids is 1. The third-order valence-electron chi connectivity index (χ3n) is 5.14. The number of hydrogen-bond donors (Lipinski definition) is 4. The maximum atomic E-state index is 12.6. The summed E-state index contributed by atoms with van der Waals surface area (Å²) in [5.41, 5.74) is 6.15. The highest BCUT2D eigenvalue weighted by Crippen LogP contribution is 2.26. The smallest absolute Gasteiger partial charge is 0.190 e. The zero-order valence-electron chi connectivity index (χ0n) is 13.7. The van der Waals surface area contributed by atoms with Crippen molar-refractivity contribution in [2.75, 3.05) is 19.7 Å². The average Bonchev–Trinajstić information content (AvgIpc) is 2.51. The Morgan fingerprint density at radius 1 is 1.43 bits per heavy atom. The van der Waals surface area contributed by atoms with Crippen LogP contribution in [0.4, 0.5) is 0 Å². The number of hydrogen-bond acceptors (Lipinski definition) is 5. The fourth-order valence-corrected chi connectivity index (χ4v) is 4.71. The summed E-state index contributed by atoms with van der Waals surface area (Å²) in [5.74, 6) is 0.00393. The third kappa shape index (κ3) is 5.32. The standard InChI is InChI=1S/C15H28IN3O4/c1-2-23-14-5-3-10(7-12(14)19(21)22)13(20)9-18-8-11(16)4-6-15(18)17/h10-12,14-15,19,21H,2-9,17H2,1H3/p+1. The van der Waals surface area contributed by atoms with Gasteiger partial charge in [0.1, 0.15) is 24.9 Å².